The Morgan fingerprint density at radius 2 is 1.21 bits per heavy atom. The Hall–Kier alpha value is -3.38. The highest BCUT2D eigenvalue weighted by atomic mass is 14.3. The van der Waals surface area contributed by atoms with Crippen LogP contribution >= 0.6 is 0 Å². The van der Waals surface area contributed by atoms with Gasteiger partial charge in [0.2, 0.25) is 0 Å². The minimum atomic E-state index is 1.12. The average Bonchev–Trinajstić information content (AvgIpc) is 2.95. The molecule has 0 radical (unpaired) electrons. The highest BCUT2D eigenvalue weighted by molar-refractivity contribution is 6.09. The molecule has 29 heavy (non-hydrogen) atoms. The lowest BCUT2D eigenvalue weighted by atomic mass is 9.78. The van der Waals surface area contributed by atoms with Crippen molar-refractivity contribution in [3.8, 4) is 0 Å². The predicted molar refractivity (Wildman–Crippen MR) is 125 cm³/mol. The van der Waals surface area contributed by atoms with E-state index in [9.17, 15) is 0 Å². The molecule has 0 unspecified atom stereocenters. The van der Waals surface area contributed by atoms with Gasteiger partial charge in [0.15, 0.2) is 0 Å². The third-order valence-electron chi connectivity index (χ3n) is 6.39. The number of benzene rings is 4. The zero-order valence-corrected chi connectivity index (χ0v) is 16.4. The lowest BCUT2D eigenvalue weighted by molar-refractivity contribution is 0.826. The summed E-state index contributed by atoms with van der Waals surface area (Å²) in [7, 11) is 0. The smallest absolute Gasteiger partial charge is 0.00610 e. The fraction of sp³-hybridized carbons (Fsp3) is 0.103. The van der Waals surface area contributed by atoms with Crippen LogP contribution in [0.5, 0.6) is 0 Å². The minimum Gasteiger partial charge on any atom is -0.0616 e. The van der Waals surface area contributed by atoms with Gasteiger partial charge in [-0.05, 0) is 74.6 Å². The van der Waals surface area contributed by atoms with Crippen LogP contribution in [0.15, 0.2) is 84.9 Å². The molecule has 138 valence electrons. The second-order valence-electron chi connectivity index (χ2n) is 8.04. The Morgan fingerprint density at radius 3 is 1.97 bits per heavy atom. The van der Waals surface area contributed by atoms with Gasteiger partial charge in [0, 0.05) is 0 Å². The van der Waals surface area contributed by atoms with Crippen molar-refractivity contribution in [2.45, 2.75) is 19.3 Å². The van der Waals surface area contributed by atoms with E-state index in [1.807, 2.05) is 0 Å². The summed E-state index contributed by atoms with van der Waals surface area (Å²) in [5, 5.41) is 2.72. The van der Waals surface area contributed by atoms with Crippen molar-refractivity contribution in [2.75, 3.05) is 0 Å². The lowest BCUT2D eigenvalue weighted by Crippen LogP contribution is -2.06. The summed E-state index contributed by atoms with van der Waals surface area (Å²) in [5.74, 6) is 0. The highest BCUT2D eigenvalue weighted by Crippen LogP contribution is 2.45. The van der Waals surface area contributed by atoms with E-state index in [0.29, 0.717) is 0 Å². The molecule has 0 N–H and O–H groups in total. The van der Waals surface area contributed by atoms with Gasteiger partial charge in [-0.15, -0.1) is 0 Å². The highest BCUT2D eigenvalue weighted by Gasteiger charge is 2.24. The van der Waals surface area contributed by atoms with Crippen LogP contribution in [0.2, 0.25) is 0 Å². The van der Waals surface area contributed by atoms with E-state index in [1.165, 1.54) is 68.1 Å². The first-order chi connectivity index (χ1) is 14.4. The van der Waals surface area contributed by atoms with Crippen molar-refractivity contribution in [2.24, 2.45) is 0 Å². The first-order valence-corrected chi connectivity index (χ1v) is 10.5. The first-order valence-electron chi connectivity index (χ1n) is 10.5. The number of fused-ring (bicyclic) bond motifs is 5. The van der Waals surface area contributed by atoms with E-state index >= 15 is 0 Å². The Bertz CT molecular complexity index is 1270. The van der Waals surface area contributed by atoms with Gasteiger partial charge in [-0.3, -0.25) is 0 Å². The first kappa shape index (κ1) is 16.6. The van der Waals surface area contributed by atoms with Crippen molar-refractivity contribution in [1.82, 2.24) is 0 Å². The third-order valence-corrected chi connectivity index (χ3v) is 6.39. The number of allylic oxidation sites excluding steroid dienone is 1. The van der Waals surface area contributed by atoms with Crippen LogP contribution in [-0.4, -0.2) is 0 Å². The van der Waals surface area contributed by atoms with Gasteiger partial charge in [-0.25, -0.2) is 0 Å². The number of hydrogen-bond donors (Lipinski definition) is 0. The number of hydrogen-bond acceptors (Lipinski definition) is 0. The molecule has 0 aromatic heterocycles. The Morgan fingerprint density at radius 1 is 0.552 bits per heavy atom. The standard InChI is InChI=1S/C29H22/c1-4-12-24-20(8-1)18-19-23-11-7-15-27(28(23)24)29-25-13-5-2-9-21(25)16-17-22-10-3-6-14-26(22)29/h1-6,8-10,12-14,16-19H,7,11,15H2. The monoisotopic (exact) mass is 370 g/mol. The van der Waals surface area contributed by atoms with Gasteiger partial charge in [0.05, 0.1) is 0 Å². The summed E-state index contributed by atoms with van der Waals surface area (Å²) in [5.41, 5.74) is 11.2. The molecule has 0 fully saturated rings. The number of rotatable bonds is 0. The molecule has 0 heteroatoms. The van der Waals surface area contributed by atoms with Crippen LogP contribution in [0.1, 0.15) is 46.2 Å². The van der Waals surface area contributed by atoms with Crippen molar-refractivity contribution in [3.63, 3.8) is 0 Å². The quantitative estimate of drug-likeness (QED) is 0.263. The lowest BCUT2D eigenvalue weighted by Gasteiger charge is -2.26. The second kappa shape index (κ2) is 6.60. The zero-order chi connectivity index (χ0) is 19.2. The van der Waals surface area contributed by atoms with Gasteiger partial charge in [0.1, 0.15) is 0 Å². The Labute approximate surface area is 171 Å². The molecule has 2 aliphatic rings. The van der Waals surface area contributed by atoms with E-state index < -0.39 is 0 Å². The summed E-state index contributed by atoms with van der Waals surface area (Å²) in [4.78, 5) is 0. The molecule has 4 aromatic carbocycles. The summed E-state index contributed by atoms with van der Waals surface area (Å²) < 4.78 is 0. The van der Waals surface area contributed by atoms with Gasteiger partial charge in [-0.1, -0.05) is 97.1 Å². The summed E-state index contributed by atoms with van der Waals surface area (Å²) in [6.07, 6.45) is 8.04. The average molecular weight is 370 g/mol. The molecule has 6 rings (SSSR count). The molecule has 0 saturated carbocycles. The van der Waals surface area contributed by atoms with Crippen LogP contribution in [0, 0.1) is 0 Å². The van der Waals surface area contributed by atoms with E-state index in [1.54, 1.807) is 0 Å². The Kier molecular flexibility index (Phi) is 3.77. The molecule has 0 atom stereocenters. The zero-order valence-electron chi connectivity index (χ0n) is 16.4. The van der Waals surface area contributed by atoms with Crippen LogP contribution < -0.4 is 0 Å². The fourth-order valence-corrected chi connectivity index (χ4v) is 5.10. The molecular weight excluding hydrogens is 348 g/mol. The third kappa shape index (κ3) is 2.60. The number of aryl methyl sites for hydroxylation is 1. The second-order valence-corrected chi connectivity index (χ2v) is 8.04. The van der Waals surface area contributed by atoms with Crippen LogP contribution in [-0.2, 0) is 6.42 Å². The minimum absolute atomic E-state index is 1.12. The molecule has 0 aliphatic heterocycles. The van der Waals surface area contributed by atoms with Gasteiger partial charge < -0.3 is 0 Å². The summed E-state index contributed by atoms with van der Waals surface area (Å²) in [6, 6.07) is 31.2. The van der Waals surface area contributed by atoms with E-state index in [-0.39, 0.29) is 0 Å². The molecular formula is C29H22. The van der Waals surface area contributed by atoms with E-state index in [4.69, 9.17) is 0 Å². The molecule has 4 aromatic rings. The maximum Gasteiger partial charge on any atom is -0.00610 e. The normalized spacial score (nSPS) is 14.9. The van der Waals surface area contributed by atoms with Gasteiger partial charge >= 0.3 is 0 Å². The van der Waals surface area contributed by atoms with Crippen molar-refractivity contribution >= 4 is 34.1 Å². The molecule has 0 bridgehead atoms. The summed E-state index contributed by atoms with van der Waals surface area (Å²) in [6.45, 7) is 0. The molecule has 2 aliphatic carbocycles. The topological polar surface area (TPSA) is 0 Å². The predicted octanol–water partition coefficient (Wildman–Crippen LogP) is 7.62. The SMILES string of the molecule is C1=Cc2ccccc2C(=C2CCCc3ccc4ccccc4c32)c2ccccc21. The summed E-state index contributed by atoms with van der Waals surface area (Å²) >= 11 is 0. The molecule has 0 amide bonds. The fourth-order valence-electron chi connectivity index (χ4n) is 5.10. The van der Waals surface area contributed by atoms with Crippen molar-refractivity contribution in [3.05, 3.63) is 118 Å². The van der Waals surface area contributed by atoms with Crippen molar-refractivity contribution < 1.29 is 0 Å². The van der Waals surface area contributed by atoms with Crippen LogP contribution in [0.25, 0.3) is 34.1 Å². The van der Waals surface area contributed by atoms with E-state index in [0.717, 1.165) is 6.42 Å². The van der Waals surface area contributed by atoms with Gasteiger partial charge in [0.25, 0.3) is 0 Å². The molecule has 0 heterocycles. The molecule has 0 nitrogen and oxygen atoms in total. The van der Waals surface area contributed by atoms with Crippen LogP contribution in [0.4, 0.5) is 0 Å². The van der Waals surface area contributed by atoms with E-state index in [2.05, 4.69) is 97.1 Å². The van der Waals surface area contributed by atoms with Crippen LogP contribution in [0.3, 0.4) is 0 Å². The maximum atomic E-state index is 2.35. The largest absolute Gasteiger partial charge is 0.0616 e. The molecule has 0 spiro atoms. The molecule has 0 saturated heterocycles. The van der Waals surface area contributed by atoms with Gasteiger partial charge in [-0.2, -0.15) is 0 Å². The van der Waals surface area contributed by atoms with Crippen molar-refractivity contribution in [1.29, 1.82) is 0 Å². The maximum absolute atomic E-state index is 2.35. The Balaban J connectivity index is 1.78.